The Balaban J connectivity index is 3.54. The van der Waals surface area contributed by atoms with Gasteiger partial charge in [-0.1, -0.05) is 0 Å². The molecule has 0 aromatic rings. The van der Waals surface area contributed by atoms with Crippen LogP contribution >= 0.6 is 0 Å². The molecule has 0 aliphatic rings. The number of ether oxygens (including phenoxy) is 1. The molecule has 0 saturated heterocycles. The van der Waals surface area contributed by atoms with Crippen molar-refractivity contribution in [1.29, 1.82) is 0 Å². The molecule has 0 rings (SSSR count). The van der Waals surface area contributed by atoms with Crippen LogP contribution < -0.4 is 11.1 Å². The van der Waals surface area contributed by atoms with E-state index in [1.54, 1.807) is 6.92 Å². The van der Waals surface area contributed by atoms with Gasteiger partial charge in [-0.25, -0.2) is 4.79 Å². The van der Waals surface area contributed by atoms with Gasteiger partial charge in [0.15, 0.2) is 0 Å². The van der Waals surface area contributed by atoms with Crippen LogP contribution in [0.25, 0.3) is 0 Å². The van der Waals surface area contributed by atoms with E-state index < -0.39 is 18.1 Å². The number of hydrogen-bond donors (Lipinski definition) is 3. The highest BCUT2D eigenvalue weighted by Crippen LogP contribution is 1.79. The van der Waals surface area contributed by atoms with E-state index in [0.717, 1.165) is 0 Å². The number of nitrogens with two attached hydrogens (primary N) is 1. The van der Waals surface area contributed by atoms with Crippen LogP contribution in [0.15, 0.2) is 0 Å². The summed E-state index contributed by atoms with van der Waals surface area (Å²) in [6, 6.07) is -1.09. The molecule has 1 atom stereocenters. The van der Waals surface area contributed by atoms with Crippen molar-refractivity contribution in [3.63, 3.8) is 0 Å². The van der Waals surface area contributed by atoms with E-state index in [9.17, 15) is 9.59 Å². The second kappa shape index (κ2) is 5.36. The number of carbonyl (C=O) groups excluding carboxylic acids is 1. The lowest BCUT2D eigenvalue weighted by Crippen LogP contribution is -2.42. The molecule has 0 saturated carbocycles. The van der Waals surface area contributed by atoms with Crippen molar-refractivity contribution in [2.45, 2.75) is 13.0 Å². The molecule has 6 nitrogen and oxygen atoms in total. The monoisotopic (exact) mass is 176 g/mol. The third kappa shape index (κ3) is 4.51. The molecule has 1 amide bonds. The maximum Gasteiger partial charge on any atom is 0.407 e. The Morgan fingerprint density at radius 2 is 2.25 bits per heavy atom. The van der Waals surface area contributed by atoms with Crippen molar-refractivity contribution in [1.82, 2.24) is 5.32 Å². The van der Waals surface area contributed by atoms with E-state index in [0.29, 0.717) is 0 Å². The number of carbonyl (C=O) groups is 2. The van der Waals surface area contributed by atoms with Crippen LogP contribution in [0.3, 0.4) is 0 Å². The van der Waals surface area contributed by atoms with Crippen LogP contribution in [-0.4, -0.2) is 36.4 Å². The predicted octanol–water partition coefficient (Wildman–Crippen LogP) is -0.856. The maximum atomic E-state index is 10.6. The fraction of sp³-hybridized carbons (Fsp3) is 0.667. The Kier molecular flexibility index (Phi) is 4.78. The molecule has 0 unspecified atom stereocenters. The minimum atomic E-state index is -1.16. The van der Waals surface area contributed by atoms with Crippen LogP contribution in [0.4, 0.5) is 4.79 Å². The number of carboxylic acid groups (broad SMARTS) is 1. The second-order valence-corrected chi connectivity index (χ2v) is 2.05. The first kappa shape index (κ1) is 10.7. The summed E-state index contributed by atoms with van der Waals surface area (Å²) in [4.78, 5) is 20.7. The normalized spacial score (nSPS) is 11.8. The van der Waals surface area contributed by atoms with E-state index in [-0.39, 0.29) is 13.2 Å². The first-order valence-corrected chi connectivity index (χ1v) is 3.47. The van der Waals surface area contributed by atoms with Gasteiger partial charge in [-0.3, -0.25) is 4.79 Å². The number of aliphatic carboxylic acids is 1. The molecule has 12 heavy (non-hydrogen) atoms. The summed E-state index contributed by atoms with van der Waals surface area (Å²) in [5.74, 6) is -1.16. The van der Waals surface area contributed by atoms with E-state index in [4.69, 9.17) is 10.8 Å². The van der Waals surface area contributed by atoms with Crippen molar-refractivity contribution >= 4 is 12.1 Å². The predicted molar refractivity (Wildman–Crippen MR) is 40.6 cm³/mol. The molecule has 0 radical (unpaired) electrons. The van der Waals surface area contributed by atoms with Gasteiger partial charge in [0, 0.05) is 6.54 Å². The Hall–Kier alpha value is -1.30. The minimum absolute atomic E-state index is 0.131. The van der Waals surface area contributed by atoms with Crippen molar-refractivity contribution in [2.75, 3.05) is 13.2 Å². The molecule has 0 fully saturated rings. The third-order valence-corrected chi connectivity index (χ3v) is 1.06. The van der Waals surface area contributed by atoms with Crippen LogP contribution in [-0.2, 0) is 9.53 Å². The van der Waals surface area contributed by atoms with E-state index >= 15 is 0 Å². The average molecular weight is 176 g/mol. The zero-order chi connectivity index (χ0) is 9.56. The van der Waals surface area contributed by atoms with Gasteiger partial charge in [-0.15, -0.1) is 0 Å². The maximum absolute atomic E-state index is 10.6. The minimum Gasteiger partial charge on any atom is -0.480 e. The summed E-state index contributed by atoms with van der Waals surface area (Å²) in [5.41, 5.74) is 5.09. The fourth-order valence-corrected chi connectivity index (χ4v) is 0.463. The molecule has 0 aromatic heterocycles. The summed E-state index contributed by atoms with van der Waals surface area (Å²) in [6.07, 6.45) is -0.658. The Morgan fingerprint density at radius 3 is 2.67 bits per heavy atom. The lowest BCUT2D eigenvalue weighted by Gasteiger charge is -2.07. The Morgan fingerprint density at radius 1 is 1.67 bits per heavy atom. The van der Waals surface area contributed by atoms with E-state index in [1.165, 1.54) is 0 Å². The SMILES string of the molecule is CCOC(=O)NC[C@H](N)C(=O)O. The molecule has 0 spiro atoms. The van der Waals surface area contributed by atoms with Gasteiger partial charge < -0.3 is 20.9 Å². The largest absolute Gasteiger partial charge is 0.480 e. The highest BCUT2D eigenvalue weighted by atomic mass is 16.5. The molecular weight excluding hydrogens is 164 g/mol. The Bertz CT molecular complexity index is 171. The molecule has 0 heterocycles. The van der Waals surface area contributed by atoms with Crippen LogP contribution in [0, 0.1) is 0 Å². The molecule has 0 aromatic carbocycles. The van der Waals surface area contributed by atoms with Crippen LogP contribution in [0.1, 0.15) is 6.92 Å². The summed E-state index contributed by atoms with van der Waals surface area (Å²) in [5, 5.41) is 10.5. The summed E-state index contributed by atoms with van der Waals surface area (Å²) in [6.45, 7) is 1.76. The standard InChI is InChI=1S/C6H12N2O4/c1-2-12-6(11)8-3-4(7)5(9)10/h4H,2-3,7H2,1H3,(H,8,11)(H,9,10)/t4-/m0/s1. The van der Waals surface area contributed by atoms with Crippen LogP contribution in [0.5, 0.6) is 0 Å². The molecule has 70 valence electrons. The quantitative estimate of drug-likeness (QED) is 0.517. The highest BCUT2D eigenvalue weighted by Gasteiger charge is 2.12. The topological polar surface area (TPSA) is 102 Å². The number of carboxylic acids is 1. The molecule has 0 aliphatic heterocycles. The third-order valence-electron chi connectivity index (χ3n) is 1.06. The lowest BCUT2D eigenvalue weighted by molar-refractivity contribution is -0.138. The number of hydrogen-bond acceptors (Lipinski definition) is 4. The highest BCUT2D eigenvalue weighted by molar-refractivity contribution is 5.75. The first-order valence-electron chi connectivity index (χ1n) is 3.47. The van der Waals surface area contributed by atoms with Crippen molar-refractivity contribution in [3.8, 4) is 0 Å². The van der Waals surface area contributed by atoms with Gasteiger partial charge >= 0.3 is 12.1 Å². The molecule has 0 aliphatic carbocycles. The van der Waals surface area contributed by atoms with Gasteiger partial charge in [0.1, 0.15) is 6.04 Å². The molecular formula is C6H12N2O4. The van der Waals surface area contributed by atoms with Crippen LogP contribution in [0.2, 0.25) is 0 Å². The molecule has 4 N–H and O–H groups in total. The van der Waals surface area contributed by atoms with Gasteiger partial charge in [0.05, 0.1) is 6.61 Å². The second-order valence-electron chi connectivity index (χ2n) is 2.05. The van der Waals surface area contributed by atoms with Crippen molar-refractivity contribution < 1.29 is 19.4 Å². The number of alkyl carbamates (subject to hydrolysis) is 1. The van der Waals surface area contributed by atoms with Gasteiger partial charge in [0.2, 0.25) is 0 Å². The summed E-state index contributed by atoms with van der Waals surface area (Å²) >= 11 is 0. The summed E-state index contributed by atoms with van der Waals surface area (Å²) < 4.78 is 4.47. The first-order chi connectivity index (χ1) is 5.57. The summed E-state index contributed by atoms with van der Waals surface area (Å²) in [7, 11) is 0. The molecule has 0 bridgehead atoms. The van der Waals surface area contributed by atoms with Gasteiger partial charge in [-0.2, -0.15) is 0 Å². The Labute approximate surface area is 69.7 Å². The van der Waals surface area contributed by atoms with Crippen molar-refractivity contribution in [2.24, 2.45) is 5.73 Å². The fourth-order valence-electron chi connectivity index (χ4n) is 0.463. The number of nitrogens with one attached hydrogen (secondary N) is 1. The molecule has 6 heteroatoms. The zero-order valence-electron chi connectivity index (χ0n) is 6.74. The van der Waals surface area contributed by atoms with Crippen molar-refractivity contribution in [3.05, 3.63) is 0 Å². The van der Waals surface area contributed by atoms with Gasteiger partial charge in [0.25, 0.3) is 0 Å². The zero-order valence-corrected chi connectivity index (χ0v) is 6.74. The average Bonchev–Trinajstić information content (AvgIpc) is 2.00. The van der Waals surface area contributed by atoms with E-state index in [1.807, 2.05) is 0 Å². The number of rotatable bonds is 4. The van der Waals surface area contributed by atoms with Gasteiger partial charge in [-0.05, 0) is 6.92 Å². The lowest BCUT2D eigenvalue weighted by atomic mass is 10.3. The smallest absolute Gasteiger partial charge is 0.407 e. The number of amides is 1. The van der Waals surface area contributed by atoms with E-state index in [2.05, 4.69) is 10.1 Å².